The van der Waals surface area contributed by atoms with E-state index in [4.69, 9.17) is 19.9 Å². The Labute approximate surface area is 133 Å². The zero-order valence-corrected chi connectivity index (χ0v) is 12.6. The third-order valence-corrected chi connectivity index (χ3v) is 4.17. The number of hydrogen-bond acceptors (Lipinski definition) is 6. The molecule has 2 heterocycles. The van der Waals surface area contributed by atoms with Crippen molar-refractivity contribution in [3.63, 3.8) is 0 Å². The Hall–Kier alpha value is -3.02. The zero-order valence-electron chi connectivity index (χ0n) is 12.6. The second-order valence-corrected chi connectivity index (χ2v) is 5.40. The van der Waals surface area contributed by atoms with Crippen molar-refractivity contribution in [2.24, 2.45) is 15.7 Å². The van der Waals surface area contributed by atoms with Crippen molar-refractivity contribution < 1.29 is 14.2 Å². The van der Waals surface area contributed by atoms with Gasteiger partial charge in [0.2, 0.25) is 0 Å². The van der Waals surface area contributed by atoms with Gasteiger partial charge in [-0.2, -0.15) is 0 Å². The van der Waals surface area contributed by atoms with Crippen LogP contribution in [-0.2, 0) is 10.3 Å². The van der Waals surface area contributed by atoms with Gasteiger partial charge in [-0.1, -0.05) is 0 Å². The van der Waals surface area contributed by atoms with E-state index in [1.54, 1.807) is 7.11 Å². The topological polar surface area (TPSA) is 78.4 Å². The molecule has 1 atom stereocenters. The maximum absolute atomic E-state index is 6.02. The van der Waals surface area contributed by atoms with E-state index in [1.807, 2.05) is 36.4 Å². The molecule has 116 valence electrons. The van der Waals surface area contributed by atoms with Crippen LogP contribution in [-0.4, -0.2) is 26.5 Å². The largest absolute Gasteiger partial charge is 0.497 e. The highest BCUT2D eigenvalue weighted by atomic mass is 16.5. The molecule has 0 fully saturated rings. The van der Waals surface area contributed by atoms with E-state index in [1.165, 1.54) is 0 Å². The van der Waals surface area contributed by atoms with Crippen molar-refractivity contribution in [2.75, 3.05) is 13.7 Å². The summed E-state index contributed by atoms with van der Waals surface area (Å²) in [4.78, 5) is 8.58. The van der Waals surface area contributed by atoms with Gasteiger partial charge in [-0.25, -0.2) is 4.99 Å². The SMILES string of the molecule is C=Nc1ccc2c(c1)C1(COC(N)=N1)c1cc(OC)ccc1O2. The van der Waals surface area contributed by atoms with Crippen molar-refractivity contribution in [3.8, 4) is 17.2 Å². The van der Waals surface area contributed by atoms with Crippen molar-refractivity contribution in [3.05, 3.63) is 47.5 Å². The molecule has 6 heteroatoms. The van der Waals surface area contributed by atoms with Gasteiger partial charge in [0.05, 0.1) is 12.8 Å². The smallest absolute Gasteiger partial charge is 0.283 e. The summed E-state index contributed by atoms with van der Waals surface area (Å²) in [5.41, 5.74) is 7.49. The lowest BCUT2D eigenvalue weighted by atomic mass is 9.81. The van der Waals surface area contributed by atoms with E-state index in [2.05, 4.69) is 16.7 Å². The van der Waals surface area contributed by atoms with Gasteiger partial charge in [0.15, 0.2) is 5.54 Å². The molecule has 2 N–H and O–H groups in total. The zero-order chi connectivity index (χ0) is 16.0. The summed E-state index contributed by atoms with van der Waals surface area (Å²) in [6.45, 7) is 3.88. The molecule has 1 unspecified atom stereocenters. The molecule has 1 spiro atoms. The molecule has 0 radical (unpaired) electrons. The summed E-state index contributed by atoms with van der Waals surface area (Å²) in [6.07, 6.45) is 0. The molecule has 0 aromatic heterocycles. The molecule has 2 aromatic rings. The van der Waals surface area contributed by atoms with E-state index < -0.39 is 5.54 Å². The van der Waals surface area contributed by atoms with Crippen LogP contribution < -0.4 is 15.2 Å². The predicted octanol–water partition coefficient (Wildman–Crippen LogP) is 2.72. The number of rotatable bonds is 2. The monoisotopic (exact) mass is 309 g/mol. The molecule has 0 saturated carbocycles. The molecule has 6 nitrogen and oxygen atoms in total. The molecule has 0 saturated heterocycles. The van der Waals surface area contributed by atoms with E-state index in [9.17, 15) is 0 Å². The van der Waals surface area contributed by atoms with Gasteiger partial charge in [-0.3, -0.25) is 4.99 Å². The highest BCUT2D eigenvalue weighted by Crippen LogP contribution is 2.52. The summed E-state index contributed by atoms with van der Waals surface area (Å²) < 4.78 is 16.8. The van der Waals surface area contributed by atoms with Gasteiger partial charge in [-0.05, 0) is 43.1 Å². The van der Waals surface area contributed by atoms with Gasteiger partial charge in [0.1, 0.15) is 23.9 Å². The number of ether oxygens (including phenoxy) is 3. The lowest BCUT2D eigenvalue weighted by Gasteiger charge is -2.33. The first-order valence-electron chi connectivity index (χ1n) is 7.12. The minimum atomic E-state index is -0.762. The lowest BCUT2D eigenvalue weighted by molar-refractivity contribution is 0.264. The molecule has 0 bridgehead atoms. The van der Waals surface area contributed by atoms with Gasteiger partial charge < -0.3 is 19.9 Å². The first-order valence-corrected chi connectivity index (χ1v) is 7.12. The number of aliphatic imine (C=N–C) groups is 2. The minimum absolute atomic E-state index is 0.156. The Bertz CT molecular complexity index is 847. The third-order valence-electron chi connectivity index (χ3n) is 4.17. The Balaban J connectivity index is 2.01. The van der Waals surface area contributed by atoms with Gasteiger partial charge in [0, 0.05) is 11.1 Å². The molecular weight excluding hydrogens is 294 g/mol. The standard InChI is InChI=1S/C17H15N3O3/c1-19-10-3-5-14-12(7-10)17(9-22-16(18)20-17)13-8-11(21-2)4-6-15(13)23-14/h3-8H,1,9H2,2H3,(H2,18,20). The van der Waals surface area contributed by atoms with Crippen molar-refractivity contribution >= 4 is 18.4 Å². The van der Waals surface area contributed by atoms with E-state index in [0.717, 1.165) is 16.8 Å². The predicted molar refractivity (Wildman–Crippen MR) is 87.1 cm³/mol. The van der Waals surface area contributed by atoms with Crippen LogP contribution in [0.25, 0.3) is 0 Å². The highest BCUT2D eigenvalue weighted by molar-refractivity contribution is 5.77. The number of hydrogen-bond donors (Lipinski definition) is 1. The Morgan fingerprint density at radius 1 is 1.22 bits per heavy atom. The van der Waals surface area contributed by atoms with Crippen LogP contribution in [0.15, 0.2) is 46.4 Å². The van der Waals surface area contributed by atoms with E-state index in [0.29, 0.717) is 23.9 Å². The Morgan fingerprint density at radius 2 is 1.96 bits per heavy atom. The summed E-state index contributed by atoms with van der Waals surface area (Å²) >= 11 is 0. The van der Waals surface area contributed by atoms with Crippen LogP contribution in [0.5, 0.6) is 17.2 Å². The van der Waals surface area contributed by atoms with Crippen LogP contribution in [0.2, 0.25) is 0 Å². The van der Waals surface area contributed by atoms with Crippen LogP contribution in [0, 0.1) is 0 Å². The first-order chi connectivity index (χ1) is 11.2. The maximum Gasteiger partial charge on any atom is 0.283 e. The summed E-state index contributed by atoms with van der Waals surface area (Å²) in [6, 6.07) is 11.4. The fourth-order valence-electron chi connectivity index (χ4n) is 3.05. The second kappa shape index (κ2) is 4.74. The van der Waals surface area contributed by atoms with E-state index >= 15 is 0 Å². The summed E-state index contributed by atoms with van der Waals surface area (Å²) in [5, 5.41) is 0. The molecule has 2 aromatic carbocycles. The summed E-state index contributed by atoms with van der Waals surface area (Å²) in [7, 11) is 1.62. The third kappa shape index (κ3) is 1.88. The molecule has 2 aliphatic rings. The number of fused-ring (bicyclic) bond motifs is 4. The van der Waals surface area contributed by atoms with Crippen LogP contribution in [0.4, 0.5) is 5.69 Å². The van der Waals surface area contributed by atoms with Gasteiger partial charge in [0.25, 0.3) is 6.02 Å². The van der Waals surface area contributed by atoms with Crippen LogP contribution >= 0.6 is 0 Å². The quantitative estimate of drug-likeness (QED) is 0.865. The Kier molecular flexibility index (Phi) is 2.81. The van der Waals surface area contributed by atoms with Crippen LogP contribution in [0.1, 0.15) is 11.1 Å². The van der Waals surface area contributed by atoms with E-state index in [-0.39, 0.29) is 6.02 Å². The minimum Gasteiger partial charge on any atom is -0.497 e. The average molecular weight is 309 g/mol. The number of methoxy groups -OCH3 is 1. The molecule has 23 heavy (non-hydrogen) atoms. The fourth-order valence-corrected chi connectivity index (χ4v) is 3.05. The van der Waals surface area contributed by atoms with Crippen molar-refractivity contribution in [1.29, 1.82) is 0 Å². The van der Waals surface area contributed by atoms with Crippen LogP contribution in [0.3, 0.4) is 0 Å². The number of benzene rings is 2. The molecular formula is C17H15N3O3. The van der Waals surface area contributed by atoms with Crippen molar-refractivity contribution in [1.82, 2.24) is 0 Å². The molecule has 0 amide bonds. The first kappa shape index (κ1) is 13.6. The summed E-state index contributed by atoms with van der Waals surface area (Å²) in [5.74, 6) is 2.13. The molecule has 0 aliphatic carbocycles. The lowest BCUT2D eigenvalue weighted by Crippen LogP contribution is -2.31. The fraction of sp³-hybridized carbons (Fsp3) is 0.176. The number of amidine groups is 1. The number of nitrogens with two attached hydrogens (primary N) is 1. The van der Waals surface area contributed by atoms with Crippen molar-refractivity contribution in [2.45, 2.75) is 5.54 Å². The molecule has 4 rings (SSSR count). The highest BCUT2D eigenvalue weighted by Gasteiger charge is 2.47. The van der Waals surface area contributed by atoms with Gasteiger partial charge in [-0.15, -0.1) is 0 Å². The average Bonchev–Trinajstić information content (AvgIpc) is 2.97. The normalized spacial score (nSPS) is 20.8. The second-order valence-electron chi connectivity index (χ2n) is 5.40. The Morgan fingerprint density at radius 3 is 2.61 bits per heavy atom. The van der Waals surface area contributed by atoms with Gasteiger partial charge >= 0.3 is 0 Å². The maximum atomic E-state index is 6.02. The number of nitrogens with zero attached hydrogens (tertiary/aromatic N) is 2. The molecule has 2 aliphatic heterocycles.